The molecular formula is C36H31N11O11S2. The van der Waals surface area contributed by atoms with Crippen LogP contribution in [0.4, 0.5) is 22.2 Å². The maximum atomic E-state index is 13.3. The summed E-state index contributed by atoms with van der Waals surface area (Å²) in [6.45, 7) is 0.333. The number of fused-ring (bicyclic) bond motifs is 1. The molecule has 7 rings (SSSR count). The molecule has 0 bridgehead atoms. The maximum absolute atomic E-state index is 13.3. The molecule has 0 saturated carbocycles. The smallest absolute Gasteiger partial charge is 0.324 e. The number of imide groups is 2. The van der Waals surface area contributed by atoms with E-state index >= 15 is 0 Å². The molecule has 1 unspecified atom stereocenters. The number of amides is 5. The first-order valence-electron chi connectivity index (χ1n) is 17.6. The molecule has 5 aromatic rings. The van der Waals surface area contributed by atoms with Gasteiger partial charge in [-0.25, -0.2) is 23.1 Å². The number of benzene rings is 2. The van der Waals surface area contributed by atoms with Gasteiger partial charge in [-0.15, -0.1) is 5.10 Å². The lowest BCUT2D eigenvalue weighted by Crippen LogP contribution is -2.54. The number of nitro groups is 1. The van der Waals surface area contributed by atoms with Crippen molar-refractivity contribution in [1.29, 1.82) is 0 Å². The summed E-state index contributed by atoms with van der Waals surface area (Å²) >= 11 is 0.909. The Bertz CT molecular complexity index is 2680. The van der Waals surface area contributed by atoms with Gasteiger partial charge in [0.25, 0.3) is 27.7 Å². The summed E-state index contributed by atoms with van der Waals surface area (Å²) < 4.78 is 41.2. The number of nitrogens with one attached hydrogen (secondary N) is 4. The van der Waals surface area contributed by atoms with E-state index in [2.05, 4.69) is 41.0 Å². The molecule has 308 valence electrons. The van der Waals surface area contributed by atoms with Crippen molar-refractivity contribution in [3.8, 4) is 17.3 Å². The van der Waals surface area contributed by atoms with Crippen molar-refractivity contribution in [2.45, 2.75) is 30.3 Å². The van der Waals surface area contributed by atoms with Gasteiger partial charge < -0.3 is 20.1 Å². The lowest BCUT2D eigenvalue weighted by atomic mass is 10.0. The SMILES string of the molecule is COc1nc(-c2cn(CCOCNc3cccc4c3C(=O)N(C3CCC(=O)NC3=O)C4=O)nn2)cnc1NS(=O)(=O)c1ccc(NC(=O)/C=C/c2ccc([N+](=O)[O-])s2)cc1. The minimum absolute atomic E-state index is 0.00965. The second kappa shape index (κ2) is 17.2. The molecule has 0 radical (unpaired) electrons. The fourth-order valence-electron chi connectivity index (χ4n) is 6.03. The molecule has 1 fully saturated rings. The lowest BCUT2D eigenvalue weighted by Gasteiger charge is -2.27. The van der Waals surface area contributed by atoms with Crippen molar-refractivity contribution in [2.75, 3.05) is 35.8 Å². The Labute approximate surface area is 342 Å². The normalized spacial score (nSPS) is 15.2. The zero-order valence-electron chi connectivity index (χ0n) is 31.1. The van der Waals surface area contributed by atoms with E-state index in [1.54, 1.807) is 18.3 Å². The Morgan fingerprint density at radius 2 is 1.88 bits per heavy atom. The van der Waals surface area contributed by atoms with E-state index in [1.165, 1.54) is 72.6 Å². The zero-order chi connectivity index (χ0) is 42.6. The number of sulfonamides is 1. The second-order valence-corrected chi connectivity index (χ2v) is 15.5. The molecule has 60 heavy (non-hydrogen) atoms. The number of hydrogen-bond acceptors (Lipinski definition) is 17. The van der Waals surface area contributed by atoms with Gasteiger partial charge in [0, 0.05) is 34.8 Å². The highest BCUT2D eigenvalue weighted by Crippen LogP contribution is 2.33. The van der Waals surface area contributed by atoms with Gasteiger partial charge in [-0.3, -0.25) is 49.0 Å². The third-order valence-corrected chi connectivity index (χ3v) is 11.2. The van der Waals surface area contributed by atoms with E-state index in [4.69, 9.17) is 9.47 Å². The number of carbonyl (C=O) groups is 5. The van der Waals surface area contributed by atoms with Gasteiger partial charge in [0.05, 0.1) is 53.6 Å². The van der Waals surface area contributed by atoms with Crippen LogP contribution in [0, 0.1) is 10.1 Å². The predicted octanol–water partition coefficient (Wildman–Crippen LogP) is 2.65. The highest BCUT2D eigenvalue weighted by Gasteiger charge is 2.45. The van der Waals surface area contributed by atoms with Gasteiger partial charge in [-0.05, 0) is 55.0 Å². The maximum Gasteiger partial charge on any atom is 0.324 e. The van der Waals surface area contributed by atoms with E-state index in [-0.39, 0.29) is 71.1 Å². The van der Waals surface area contributed by atoms with Crippen molar-refractivity contribution >= 4 is 79.2 Å². The average molecular weight is 858 g/mol. The molecule has 24 heteroatoms. The van der Waals surface area contributed by atoms with Crippen LogP contribution in [0.1, 0.15) is 38.4 Å². The second-order valence-electron chi connectivity index (χ2n) is 12.8. The van der Waals surface area contributed by atoms with E-state index in [1.807, 2.05) is 0 Å². The molecule has 2 aromatic carbocycles. The molecule has 0 aliphatic carbocycles. The van der Waals surface area contributed by atoms with Gasteiger partial charge in [-0.2, -0.15) is 0 Å². The van der Waals surface area contributed by atoms with Gasteiger partial charge in [-0.1, -0.05) is 22.6 Å². The quantitative estimate of drug-likeness (QED) is 0.0277. The summed E-state index contributed by atoms with van der Waals surface area (Å²) in [5.41, 5.74) is 1.37. The summed E-state index contributed by atoms with van der Waals surface area (Å²) in [6, 6.07) is 11.7. The highest BCUT2D eigenvalue weighted by atomic mass is 32.2. The van der Waals surface area contributed by atoms with E-state index < -0.39 is 50.5 Å². The predicted molar refractivity (Wildman–Crippen MR) is 211 cm³/mol. The van der Waals surface area contributed by atoms with Crippen LogP contribution in [0.25, 0.3) is 17.5 Å². The fourth-order valence-corrected chi connectivity index (χ4v) is 7.76. The van der Waals surface area contributed by atoms with Crippen LogP contribution in [0.5, 0.6) is 5.88 Å². The number of aromatic nitrogens is 5. The molecule has 3 aromatic heterocycles. The Balaban J connectivity index is 0.903. The first-order valence-corrected chi connectivity index (χ1v) is 19.9. The average Bonchev–Trinajstić information content (AvgIpc) is 3.97. The zero-order valence-corrected chi connectivity index (χ0v) is 32.7. The van der Waals surface area contributed by atoms with Crippen LogP contribution in [0.15, 0.2) is 78.0 Å². The standard InChI is InChI=1S/C36H31N11O11S2/c1-57-34-32(43-60(55,56)22-9-5-20(6-10-22)39-28(48)12-7-21-8-14-30(59-21)47(53)54)37-17-25(40-34)26-18-45(44-42-26)15-16-58-19-38-24-4-2-3-23-31(24)36(52)46(35(23)51)27-11-13-29(49)41-33(27)50/h2-10,12,14,17-18,27,38H,11,13,15-16,19H2,1H3,(H,37,43)(H,39,48)(H,41,49,50)/b12-7+. The lowest BCUT2D eigenvalue weighted by molar-refractivity contribution is -0.380. The number of piperidine rings is 1. The van der Waals surface area contributed by atoms with Crippen molar-refractivity contribution < 1.29 is 46.8 Å². The number of methoxy groups -OCH3 is 1. The molecule has 0 spiro atoms. The van der Waals surface area contributed by atoms with Crippen LogP contribution < -0.4 is 25.4 Å². The number of ether oxygens (including phenoxy) is 2. The van der Waals surface area contributed by atoms with Gasteiger partial charge in [0.2, 0.25) is 23.5 Å². The number of hydrogen-bond donors (Lipinski definition) is 4. The number of thiophene rings is 1. The van der Waals surface area contributed by atoms with E-state index in [9.17, 15) is 42.5 Å². The first-order chi connectivity index (χ1) is 28.8. The molecule has 22 nitrogen and oxygen atoms in total. The van der Waals surface area contributed by atoms with Crippen molar-refractivity contribution in [2.24, 2.45) is 0 Å². The van der Waals surface area contributed by atoms with Crippen LogP contribution in [-0.4, -0.2) is 99.2 Å². The Hall–Kier alpha value is -7.44. The summed E-state index contributed by atoms with van der Waals surface area (Å²) in [7, 11) is -2.91. The number of carbonyl (C=O) groups excluding carboxylic acids is 5. The molecular weight excluding hydrogens is 827 g/mol. The third kappa shape index (κ3) is 8.83. The molecule has 5 amide bonds. The highest BCUT2D eigenvalue weighted by molar-refractivity contribution is 7.92. The third-order valence-electron chi connectivity index (χ3n) is 8.89. The van der Waals surface area contributed by atoms with Gasteiger partial charge >= 0.3 is 5.00 Å². The number of nitrogens with zero attached hydrogens (tertiary/aromatic N) is 7. The number of rotatable bonds is 16. The van der Waals surface area contributed by atoms with Crippen LogP contribution in [0.3, 0.4) is 0 Å². The van der Waals surface area contributed by atoms with Crippen LogP contribution >= 0.6 is 11.3 Å². The Morgan fingerprint density at radius 3 is 2.62 bits per heavy atom. The molecule has 2 aliphatic rings. The van der Waals surface area contributed by atoms with Gasteiger partial charge in [0.15, 0.2) is 0 Å². The van der Waals surface area contributed by atoms with Gasteiger partial charge in [0.1, 0.15) is 24.2 Å². The molecule has 2 aliphatic heterocycles. The first kappa shape index (κ1) is 40.7. The molecule has 1 saturated heterocycles. The van der Waals surface area contributed by atoms with Crippen molar-refractivity contribution in [1.82, 2.24) is 35.2 Å². The molecule has 5 heterocycles. The van der Waals surface area contributed by atoms with Crippen molar-refractivity contribution in [3.63, 3.8) is 0 Å². The van der Waals surface area contributed by atoms with Crippen LogP contribution in [0.2, 0.25) is 0 Å². The van der Waals surface area contributed by atoms with Crippen molar-refractivity contribution in [3.05, 3.63) is 99.2 Å². The summed E-state index contributed by atoms with van der Waals surface area (Å²) in [5, 5.41) is 26.7. The largest absolute Gasteiger partial charge is 0.478 e. The topological polar surface area (TPSA) is 289 Å². The minimum Gasteiger partial charge on any atom is -0.478 e. The minimum atomic E-state index is -4.19. The number of anilines is 3. The summed E-state index contributed by atoms with van der Waals surface area (Å²) in [5.74, 6) is -3.33. The summed E-state index contributed by atoms with van der Waals surface area (Å²) in [4.78, 5) is 82.7. The summed E-state index contributed by atoms with van der Waals surface area (Å²) in [6.07, 6.45) is 5.51. The van der Waals surface area contributed by atoms with E-state index in [0.29, 0.717) is 21.9 Å². The van der Waals surface area contributed by atoms with Crippen LogP contribution in [-0.2, 0) is 35.7 Å². The Kier molecular flexibility index (Phi) is 11.7. The fraction of sp³-hybridized carbons (Fsp3) is 0.194. The Morgan fingerprint density at radius 1 is 1.08 bits per heavy atom. The molecule has 1 atom stereocenters. The molecule has 4 N–H and O–H groups in total. The monoisotopic (exact) mass is 857 g/mol. The van der Waals surface area contributed by atoms with E-state index in [0.717, 1.165) is 16.2 Å².